The van der Waals surface area contributed by atoms with Crippen LogP contribution < -0.4 is 10.1 Å². The summed E-state index contributed by atoms with van der Waals surface area (Å²) in [6.45, 7) is 0.703. The van der Waals surface area contributed by atoms with Crippen LogP contribution in [0.1, 0.15) is 18.4 Å². The lowest BCUT2D eigenvalue weighted by Gasteiger charge is -2.32. The Hall–Kier alpha value is -1.26. The molecule has 0 aliphatic heterocycles. The molecule has 0 saturated heterocycles. The van der Waals surface area contributed by atoms with Crippen molar-refractivity contribution in [3.05, 3.63) is 23.8 Å². The van der Waals surface area contributed by atoms with Crippen molar-refractivity contribution in [2.24, 2.45) is 0 Å². The van der Waals surface area contributed by atoms with Crippen molar-refractivity contribution in [2.45, 2.75) is 31.5 Å². The second-order valence-corrected chi connectivity index (χ2v) is 4.21. The molecule has 88 valence electrons. The molecule has 3 N–H and O–H groups in total. The number of rotatable bonds is 4. The fraction of sp³-hybridized carbons (Fsp3) is 0.500. The van der Waals surface area contributed by atoms with E-state index in [2.05, 4.69) is 5.32 Å². The van der Waals surface area contributed by atoms with Gasteiger partial charge in [-0.25, -0.2) is 0 Å². The Morgan fingerprint density at radius 1 is 1.44 bits per heavy atom. The van der Waals surface area contributed by atoms with Crippen LogP contribution in [0.3, 0.4) is 0 Å². The van der Waals surface area contributed by atoms with Crippen molar-refractivity contribution >= 4 is 0 Å². The minimum Gasteiger partial charge on any atom is -0.504 e. The van der Waals surface area contributed by atoms with E-state index in [0.717, 1.165) is 18.4 Å². The highest BCUT2D eigenvalue weighted by Crippen LogP contribution is 2.26. The molecule has 0 heterocycles. The average Bonchev–Trinajstić information content (AvgIpc) is 2.23. The third-order valence-electron chi connectivity index (χ3n) is 2.95. The number of phenolic OH excluding ortho intramolecular Hbond substituents is 1. The number of ether oxygens (including phenoxy) is 1. The zero-order valence-corrected chi connectivity index (χ0v) is 9.31. The quantitative estimate of drug-likeness (QED) is 0.713. The predicted molar refractivity (Wildman–Crippen MR) is 60.5 cm³/mol. The molecule has 0 spiro atoms. The molecule has 0 unspecified atom stereocenters. The summed E-state index contributed by atoms with van der Waals surface area (Å²) in [6, 6.07) is 5.77. The maximum atomic E-state index is 9.58. The van der Waals surface area contributed by atoms with Gasteiger partial charge in [-0.2, -0.15) is 0 Å². The highest BCUT2D eigenvalue weighted by molar-refractivity contribution is 5.41. The topological polar surface area (TPSA) is 61.7 Å². The number of aliphatic hydroxyl groups is 1. The second-order valence-electron chi connectivity index (χ2n) is 4.21. The zero-order chi connectivity index (χ0) is 11.5. The molecule has 1 aromatic carbocycles. The Labute approximate surface area is 94.9 Å². The molecule has 1 aliphatic carbocycles. The van der Waals surface area contributed by atoms with Crippen LogP contribution in [0.2, 0.25) is 0 Å². The molecule has 16 heavy (non-hydrogen) atoms. The molecule has 0 bridgehead atoms. The van der Waals surface area contributed by atoms with Crippen molar-refractivity contribution < 1.29 is 14.9 Å². The first-order chi connectivity index (χ1) is 7.69. The number of phenols is 1. The molecular formula is C12H17NO3. The molecule has 4 heteroatoms. The number of methoxy groups -OCH3 is 1. The molecule has 2 rings (SSSR count). The van der Waals surface area contributed by atoms with Crippen molar-refractivity contribution in [1.82, 2.24) is 5.32 Å². The van der Waals surface area contributed by atoms with Gasteiger partial charge < -0.3 is 20.3 Å². The first-order valence-electron chi connectivity index (χ1n) is 5.46. The Kier molecular flexibility index (Phi) is 3.31. The van der Waals surface area contributed by atoms with Crippen LogP contribution in [0.4, 0.5) is 0 Å². The summed E-state index contributed by atoms with van der Waals surface area (Å²) >= 11 is 0. The Balaban J connectivity index is 1.87. The van der Waals surface area contributed by atoms with Crippen molar-refractivity contribution in [3.8, 4) is 11.5 Å². The molecule has 1 aliphatic rings. The minimum absolute atomic E-state index is 0.137. The first-order valence-corrected chi connectivity index (χ1v) is 5.46. The van der Waals surface area contributed by atoms with E-state index in [1.807, 2.05) is 6.07 Å². The summed E-state index contributed by atoms with van der Waals surface area (Å²) in [5.74, 6) is 0.651. The molecular weight excluding hydrogens is 206 g/mol. The minimum atomic E-state index is -0.137. The van der Waals surface area contributed by atoms with Gasteiger partial charge in [0.05, 0.1) is 13.2 Å². The van der Waals surface area contributed by atoms with Crippen LogP contribution in [-0.2, 0) is 6.54 Å². The van der Waals surface area contributed by atoms with Crippen molar-refractivity contribution in [2.75, 3.05) is 7.11 Å². The Morgan fingerprint density at radius 2 is 2.19 bits per heavy atom. The number of aliphatic hydroxyl groups excluding tert-OH is 1. The number of benzene rings is 1. The van der Waals surface area contributed by atoms with Gasteiger partial charge in [-0.05, 0) is 30.5 Å². The van der Waals surface area contributed by atoms with Crippen molar-refractivity contribution in [3.63, 3.8) is 0 Å². The lowest BCUT2D eigenvalue weighted by atomic mass is 9.89. The van der Waals surface area contributed by atoms with Gasteiger partial charge in [0.25, 0.3) is 0 Å². The largest absolute Gasteiger partial charge is 0.504 e. The third-order valence-corrected chi connectivity index (χ3v) is 2.95. The van der Waals surface area contributed by atoms with E-state index in [9.17, 15) is 5.11 Å². The summed E-state index contributed by atoms with van der Waals surface area (Å²) in [5.41, 5.74) is 1.01. The standard InChI is InChI=1S/C12H17NO3/c1-16-12-3-2-8(4-11(12)15)7-13-9-5-10(14)6-9/h2-4,9-10,13-15H,5-7H2,1H3. The van der Waals surface area contributed by atoms with E-state index in [4.69, 9.17) is 9.84 Å². The van der Waals surface area contributed by atoms with E-state index in [0.29, 0.717) is 18.3 Å². The van der Waals surface area contributed by atoms with E-state index in [1.165, 1.54) is 7.11 Å². The van der Waals surface area contributed by atoms with Crippen molar-refractivity contribution in [1.29, 1.82) is 0 Å². The number of hydrogen-bond acceptors (Lipinski definition) is 4. The Bertz CT molecular complexity index is 361. The molecule has 0 amide bonds. The molecule has 1 saturated carbocycles. The van der Waals surface area contributed by atoms with Gasteiger partial charge in [-0.3, -0.25) is 0 Å². The monoisotopic (exact) mass is 223 g/mol. The summed E-state index contributed by atoms with van der Waals surface area (Å²) in [6.07, 6.45) is 1.51. The van der Waals surface area contributed by atoms with E-state index in [1.54, 1.807) is 12.1 Å². The lowest BCUT2D eigenvalue weighted by Crippen LogP contribution is -2.43. The van der Waals surface area contributed by atoms with Gasteiger partial charge in [0.15, 0.2) is 11.5 Å². The second kappa shape index (κ2) is 4.72. The molecule has 0 radical (unpaired) electrons. The average molecular weight is 223 g/mol. The molecule has 1 aromatic rings. The smallest absolute Gasteiger partial charge is 0.160 e. The Morgan fingerprint density at radius 3 is 2.75 bits per heavy atom. The number of nitrogens with one attached hydrogen (secondary N) is 1. The summed E-state index contributed by atoms with van der Waals surface area (Å²) in [5, 5.41) is 22.0. The highest BCUT2D eigenvalue weighted by atomic mass is 16.5. The summed E-state index contributed by atoms with van der Waals surface area (Å²) in [4.78, 5) is 0. The fourth-order valence-electron chi connectivity index (χ4n) is 1.86. The van der Waals surface area contributed by atoms with Crippen LogP contribution in [-0.4, -0.2) is 29.5 Å². The van der Waals surface area contributed by atoms with E-state index in [-0.39, 0.29) is 11.9 Å². The van der Waals surface area contributed by atoms with Crippen LogP contribution >= 0.6 is 0 Å². The third kappa shape index (κ3) is 2.46. The van der Waals surface area contributed by atoms with Crippen LogP contribution in [0.5, 0.6) is 11.5 Å². The maximum Gasteiger partial charge on any atom is 0.160 e. The van der Waals surface area contributed by atoms with Gasteiger partial charge in [0.2, 0.25) is 0 Å². The van der Waals surface area contributed by atoms with E-state index < -0.39 is 0 Å². The summed E-state index contributed by atoms with van der Waals surface area (Å²) < 4.78 is 4.97. The highest BCUT2D eigenvalue weighted by Gasteiger charge is 2.26. The molecule has 4 nitrogen and oxygen atoms in total. The van der Waals surface area contributed by atoms with Crippen LogP contribution in [0.25, 0.3) is 0 Å². The molecule has 0 atom stereocenters. The van der Waals surface area contributed by atoms with Gasteiger partial charge in [-0.1, -0.05) is 6.07 Å². The lowest BCUT2D eigenvalue weighted by molar-refractivity contribution is 0.0619. The number of aromatic hydroxyl groups is 1. The van der Waals surface area contributed by atoms with Gasteiger partial charge in [0.1, 0.15) is 0 Å². The normalized spacial score (nSPS) is 23.9. The van der Waals surface area contributed by atoms with Crippen LogP contribution in [0, 0.1) is 0 Å². The number of hydrogen-bond donors (Lipinski definition) is 3. The summed E-state index contributed by atoms with van der Waals surface area (Å²) in [7, 11) is 1.53. The van der Waals surface area contributed by atoms with Crippen LogP contribution in [0.15, 0.2) is 18.2 Å². The predicted octanol–water partition coefficient (Wildman–Crippen LogP) is 1.01. The molecule has 1 fully saturated rings. The zero-order valence-electron chi connectivity index (χ0n) is 9.31. The SMILES string of the molecule is COc1ccc(CNC2CC(O)C2)cc1O. The van der Waals surface area contributed by atoms with Gasteiger partial charge >= 0.3 is 0 Å². The molecule has 0 aromatic heterocycles. The maximum absolute atomic E-state index is 9.58. The van der Waals surface area contributed by atoms with Gasteiger partial charge in [0, 0.05) is 12.6 Å². The first kappa shape index (κ1) is 11.2. The van der Waals surface area contributed by atoms with Gasteiger partial charge in [-0.15, -0.1) is 0 Å². The van der Waals surface area contributed by atoms with E-state index >= 15 is 0 Å². The fourth-order valence-corrected chi connectivity index (χ4v) is 1.86.